The van der Waals surface area contributed by atoms with Crippen LogP contribution in [0.2, 0.25) is 0 Å². The Labute approximate surface area is 205 Å². The predicted octanol–water partition coefficient (Wildman–Crippen LogP) is 3.33. The first-order valence-electron chi connectivity index (χ1n) is 12.3. The zero-order chi connectivity index (χ0) is 24.0. The van der Waals surface area contributed by atoms with Crippen LogP contribution >= 0.6 is 0 Å². The SMILES string of the molecule is CCCCC1=CC=C[C]1[Si](c1cccc(CN)c1)(c1cccc(CN)c1)c1cccc(CN)c1. The van der Waals surface area contributed by atoms with Crippen LogP contribution in [0, 0.1) is 5.54 Å². The molecular formula is C30H36N3Si. The van der Waals surface area contributed by atoms with Gasteiger partial charge in [-0.05, 0) is 45.1 Å². The molecule has 1 radical (unpaired) electrons. The Balaban J connectivity index is 2.08. The van der Waals surface area contributed by atoms with E-state index in [-0.39, 0.29) is 0 Å². The Kier molecular flexibility index (Phi) is 7.96. The molecule has 0 aromatic heterocycles. The summed E-state index contributed by atoms with van der Waals surface area (Å²) in [5.41, 5.74) is 24.7. The van der Waals surface area contributed by atoms with Gasteiger partial charge in [0.05, 0.1) is 0 Å². The lowest BCUT2D eigenvalue weighted by atomic mass is 10.1. The van der Waals surface area contributed by atoms with E-state index in [0.29, 0.717) is 19.6 Å². The van der Waals surface area contributed by atoms with Crippen LogP contribution in [0.4, 0.5) is 0 Å². The molecule has 6 N–H and O–H groups in total. The number of allylic oxidation sites excluding steroid dienone is 4. The fraction of sp³-hybridized carbons (Fsp3) is 0.233. The highest BCUT2D eigenvalue weighted by Crippen LogP contribution is 2.35. The number of benzene rings is 3. The molecule has 3 nitrogen and oxygen atoms in total. The molecule has 0 spiro atoms. The molecule has 0 saturated carbocycles. The van der Waals surface area contributed by atoms with Gasteiger partial charge in [0.25, 0.3) is 0 Å². The molecule has 0 fully saturated rings. The van der Waals surface area contributed by atoms with Gasteiger partial charge in [-0.3, -0.25) is 0 Å². The first-order chi connectivity index (χ1) is 16.7. The largest absolute Gasteiger partial charge is 0.326 e. The van der Waals surface area contributed by atoms with E-state index in [0.717, 1.165) is 23.1 Å². The Morgan fingerprint density at radius 1 is 0.676 bits per heavy atom. The number of nitrogens with two attached hydrogens (primary N) is 3. The van der Waals surface area contributed by atoms with Gasteiger partial charge in [-0.25, -0.2) is 0 Å². The maximum Gasteiger partial charge on any atom is 0.163 e. The lowest BCUT2D eigenvalue weighted by molar-refractivity contribution is 0.791. The molecule has 4 rings (SSSR count). The molecule has 0 amide bonds. The monoisotopic (exact) mass is 466 g/mol. The fourth-order valence-corrected chi connectivity index (χ4v) is 10.4. The van der Waals surface area contributed by atoms with E-state index < -0.39 is 8.07 Å². The highest BCUT2D eigenvalue weighted by molar-refractivity contribution is 7.16. The highest BCUT2D eigenvalue weighted by atomic mass is 28.3. The summed E-state index contributed by atoms with van der Waals surface area (Å²) >= 11 is 0. The van der Waals surface area contributed by atoms with E-state index in [1.807, 2.05) is 0 Å². The summed E-state index contributed by atoms with van der Waals surface area (Å²) in [5.74, 6) is 0. The smallest absolute Gasteiger partial charge is 0.163 e. The quantitative estimate of drug-likeness (QED) is 0.317. The van der Waals surface area contributed by atoms with Crippen LogP contribution in [0.3, 0.4) is 0 Å². The first kappa shape index (κ1) is 24.4. The van der Waals surface area contributed by atoms with Crippen molar-refractivity contribution in [2.45, 2.75) is 45.8 Å². The number of rotatable bonds is 10. The number of hydrogen-bond donors (Lipinski definition) is 3. The van der Waals surface area contributed by atoms with Crippen LogP contribution in [0.1, 0.15) is 42.9 Å². The fourth-order valence-electron chi connectivity index (χ4n) is 5.17. The van der Waals surface area contributed by atoms with Gasteiger partial charge in [-0.2, -0.15) is 0 Å². The van der Waals surface area contributed by atoms with Gasteiger partial charge >= 0.3 is 0 Å². The molecule has 34 heavy (non-hydrogen) atoms. The Morgan fingerprint density at radius 3 is 1.56 bits per heavy atom. The molecule has 0 atom stereocenters. The lowest BCUT2D eigenvalue weighted by Crippen LogP contribution is -2.71. The second-order valence-corrected chi connectivity index (χ2v) is 12.8. The normalized spacial score (nSPS) is 13.9. The Hall–Kier alpha value is -2.76. The minimum atomic E-state index is -2.65. The summed E-state index contributed by atoms with van der Waals surface area (Å²) in [6.45, 7) is 3.82. The molecule has 3 aromatic carbocycles. The van der Waals surface area contributed by atoms with Gasteiger partial charge in [0.1, 0.15) is 0 Å². The molecule has 0 aliphatic heterocycles. The van der Waals surface area contributed by atoms with Gasteiger partial charge in [-0.15, -0.1) is 0 Å². The second-order valence-electron chi connectivity index (χ2n) is 9.03. The van der Waals surface area contributed by atoms with Crippen LogP contribution in [-0.2, 0) is 19.6 Å². The van der Waals surface area contributed by atoms with Crippen LogP contribution in [0.5, 0.6) is 0 Å². The lowest BCUT2D eigenvalue weighted by Gasteiger charge is -2.40. The molecular weight excluding hydrogens is 430 g/mol. The van der Waals surface area contributed by atoms with Crippen LogP contribution in [0.25, 0.3) is 0 Å². The van der Waals surface area contributed by atoms with E-state index in [1.165, 1.54) is 39.5 Å². The molecule has 0 unspecified atom stereocenters. The van der Waals surface area contributed by atoms with Gasteiger partial charge in [0.15, 0.2) is 8.07 Å². The predicted molar refractivity (Wildman–Crippen MR) is 148 cm³/mol. The maximum atomic E-state index is 6.13. The number of unbranched alkanes of at least 4 members (excludes halogenated alkanes) is 1. The van der Waals surface area contributed by atoms with E-state index >= 15 is 0 Å². The molecule has 1 aliphatic rings. The van der Waals surface area contributed by atoms with Crippen LogP contribution in [0.15, 0.2) is 96.6 Å². The average Bonchev–Trinajstić information content (AvgIpc) is 3.37. The maximum absolute atomic E-state index is 6.13. The average molecular weight is 467 g/mol. The summed E-state index contributed by atoms with van der Waals surface area (Å²) in [5, 5.41) is 4.05. The molecule has 175 valence electrons. The molecule has 0 heterocycles. The van der Waals surface area contributed by atoms with Crippen molar-refractivity contribution in [1.82, 2.24) is 0 Å². The third-order valence-electron chi connectivity index (χ3n) is 6.90. The third kappa shape index (κ3) is 4.59. The summed E-state index contributed by atoms with van der Waals surface area (Å²) in [4.78, 5) is 0. The van der Waals surface area contributed by atoms with Crippen molar-refractivity contribution in [1.29, 1.82) is 0 Å². The number of hydrogen-bond acceptors (Lipinski definition) is 3. The van der Waals surface area contributed by atoms with E-state index in [2.05, 4.69) is 97.9 Å². The molecule has 0 saturated heterocycles. The highest BCUT2D eigenvalue weighted by Gasteiger charge is 2.48. The van der Waals surface area contributed by atoms with Gasteiger partial charge < -0.3 is 17.2 Å². The van der Waals surface area contributed by atoms with Crippen LogP contribution < -0.4 is 32.8 Å². The minimum absolute atomic E-state index is 0.522. The molecule has 0 bridgehead atoms. The zero-order valence-corrected chi connectivity index (χ0v) is 21.1. The van der Waals surface area contributed by atoms with Crippen molar-refractivity contribution in [2.24, 2.45) is 17.2 Å². The van der Waals surface area contributed by atoms with E-state index in [4.69, 9.17) is 17.2 Å². The molecule has 1 aliphatic carbocycles. The zero-order valence-electron chi connectivity index (χ0n) is 20.1. The standard InChI is InChI=1S/C30H36N3Si/c1-2-3-11-26-12-7-16-30(26)34(27-13-4-8-23(17-27)20-31,28-14-5-9-24(18-28)21-32)29-15-6-10-25(19-29)22-33/h4-10,12-19H,2-3,11,20-22,31-33H2,1H3. The van der Waals surface area contributed by atoms with Crippen molar-refractivity contribution in [2.75, 3.05) is 0 Å². The second kappa shape index (κ2) is 11.1. The van der Waals surface area contributed by atoms with Crippen molar-refractivity contribution in [3.8, 4) is 0 Å². The topological polar surface area (TPSA) is 78.1 Å². The summed E-state index contributed by atoms with van der Waals surface area (Å²) in [6, 6.07) is 26.7. The summed E-state index contributed by atoms with van der Waals surface area (Å²) < 4.78 is 0. The third-order valence-corrected chi connectivity index (χ3v) is 11.7. The first-order valence-corrected chi connectivity index (χ1v) is 14.3. The van der Waals surface area contributed by atoms with E-state index in [1.54, 1.807) is 0 Å². The van der Waals surface area contributed by atoms with Gasteiger partial charge in [0, 0.05) is 25.2 Å². The van der Waals surface area contributed by atoms with Crippen molar-refractivity contribution >= 4 is 23.6 Å². The minimum Gasteiger partial charge on any atom is -0.326 e. The van der Waals surface area contributed by atoms with Crippen LogP contribution in [-0.4, -0.2) is 8.07 Å². The summed E-state index contributed by atoms with van der Waals surface area (Å²) in [6.07, 6.45) is 10.3. The summed E-state index contributed by atoms with van der Waals surface area (Å²) in [7, 11) is -2.65. The molecule has 4 heteroatoms. The van der Waals surface area contributed by atoms with Gasteiger partial charge in [-0.1, -0.05) is 110 Å². The Morgan fingerprint density at radius 2 is 1.15 bits per heavy atom. The van der Waals surface area contributed by atoms with Crippen molar-refractivity contribution < 1.29 is 0 Å². The van der Waals surface area contributed by atoms with Gasteiger partial charge in [0.2, 0.25) is 0 Å². The van der Waals surface area contributed by atoms with E-state index in [9.17, 15) is 0 Å². The van der Waals surface area contributed by atoms with Crippen molar-refractivity contribution in [3.05, 3.63) is 119 Å². The molecule has 3 aromatic rings. The van der Waals surface area contributed by atoms with Crippen molar-refractivity contribution in [3.63, 3.8) is 0 Å². The Bertz CT molecular complexity index is 1070.